The van der Waals surface area contributed by atoms with Crippen LogP contribution in [0.4, 0.5) is 9.18 Å². The lowest BCUT2D eigenvalue weighted by Gasteiger charge is -2.35. The molecule has 1 heterocycles. The minimum atomic E-state index is -0.262. The van der Waals surface area contributed by atoms with Crippen LogP contribution in [0.3, 0.4) is 0 Å². The van der Waals surface area contributed by atoms with Crippen LogP contribution in [0.15, 0.2) is 54.6 Å². The van der Waals surface area contributed by atoms with Gasteiger partial charge in [0.15, 0.2) is 0 Å². The average molecular weight is 396 g/mol. The highest BCUT2D eigenvalue weighted by molar-refractivity contribution is 5.76. The summed E-state index contributed by atoms with van der Waals surface area (Å²) < 4.78 is 14.3. The molecule has 5 heteroatoms. The Morgan fingerprint density at radius 2 is 1.72 bits per heavy atom. The van der Waals surface area contributed by atoms with E-state index in [9.17, 15) is 9.18 Å². The van der Waals surface area contributed by atoms with E-state index in [1.54, 1.807) is 12.1 Å². The lowest BCUT2D eigenvalue weighted by Crippen LogP contribution is -2.50. The second-order valence-electron chi connectivity index (χ2n) is 8.32. The van der Waals surface area contributed by atoms with Crippen LogP contribution < -0.4 is 5.32 Å². The predicted octanol–water partition coefficient (Wildman–Crippen LogP) is 4.73. The van der Waals surface area contributed by atoms with Crippen molar-refractivity contribution >= 4 is 6.03 Å². The number of carbonyl (C=O) groups excluding carboxylic acids is 1. The van der Waals surface area contributed by atoms with Crippen molar-refractivity contribution in [3.8, 4) is 0 Å². The molecule has 2 aromatic rings. The summed E-state index contributed by atoms with van der Waals surface area (Å²) in [6, 6.07) is 17.4. The van der Waals surface area contributed by atoms with Gasteiger partial charge in [-0.1, -0.05) is 48.5 Å². The van der Waals surface area contributed by atoms with Crippen LogP contribution in [-0.4, -0.2) is 41.0 Å². The molecule has 154 valence electrons. The van der Waals surface area contributed by atoms with Crippen molar-refractivity contribution in [1.29, 1.82) is 0 Å². The first-order valence-corrected chi connectivity index (χ1v) is 10.7. The molecule has 2 aromatic carbocycles. The molecule has 1 N–H and O–H groups in total. The Hall–Kier alpha value is -2.40. The average Bonchev–Trinajstić information content (AvgIpc) is 3.56. The third kappa shape index (κ3) is 4.96. The molecule has 1 aliphatic heterocycles. The number of nitrogens with one attached hydrogen (secondary N) is 1. The molecule has 2 fully saturated rings. The van der Waals surface area contributed by atoms with Crippen molar-refractivity contribution < 1.29 is 9.18 Å². The first-order valence-electron chi connectivity index (χ1n) is 10.7. The molecule has 0 bridgehead atoms. The number of halogens is 1. The van der Waals surface area contributed by atoms with Crippen LogP contribution in [0.2, 0.25) is 0 Å². The molecule has 4 rings (SSSR count). The maximum atomic E-state index is 14.3. The Morgan fingerprint density at radius 1 is 1.07 bits per heavy atom. The maximum Gasteiger partial charge on any atom is 0.318 e. The molecular weight excluding hydrogens is 365 g/mol. The van der Waals surface area contributed by atoms with E-state index in [0.29, 0.717) is 5.56 Å². The molecule has 2 aliphatic rings. The fourth-order valence-corrected chi connectivity index (χ4v) is 4.30. The van der Waals surface area contributed by atoms with E-state index in [1.165, 1.54) is 11.6 Å². The number of hydrogen-bond acceptors (Lipinski definition) is 2. The van der Waals surface area contributed by atoms with Crippen molar-refractivity contribution in [3.05, 3.63) is 71.5 Å². The van der Waals surface area contributed by atoms with Gasteiger partial charge in [-0.05, 0) is 44.2 Å². The van der Waals surface area contributed by atoms with E-state index >= 15 is 0 Å². The monoisotopic (exact) mass is 395 g/mol. The van der Waals surface area contributed by atoms with E-state index in [1.807, 2.05) is 24.0 Å². The number of amides is 2. The maximum absolute atomic E-state index is 14.3. The Bertz CT molecular complexity index is 816. The number of nitrogens with zero attached hydrogens (tertiary/aromatic N) is 2. The molecule has 0 aromatic heterocycles. The Balaban J connectivity index is 1.33. The molecular formula is C24H30FN3O. The largest absolute Gasteiger partial charge is 0.335 e. The van der Waals surface area contributed by atoms with Gasteiger partial charge in [-0.3, -0.25) is 4.90 Å². The molecule has 0 radical (unpaired) electrons. The van der Waals surface area contributed by atoms with Crippen molar-refractivity contribution in [1.82, 2.24) is 15.1 Å². The lowest BCUT2D eigenvalue weighted by atomic mass is 10.0. The summed E-state index contributed by atoms with van der Waals surface area (Å²) in [6.45, 7) is 4.84. The summed E-state index contributed by atoms with van der Waals surface area (Å²) in [5.41, 5.74) is 1.92. The van der Waals surface area contributed by atoms with Gasteiger partial charge in [0, 0.05) is 37.3 Å². The fraction of sp³-hybridized carbons (Fsp3) is 0.458. The predicted molar refractivity (Wildman–Crippen MR) is 113 cm³/mol. The summed E-state index contributed by atoms with van der Waals surface area (Å²) in [6.07, 6.45) is 3.90. The topological polar surface area (TPSA) is 35.6 Å². The number of benzene rings is 2. The van der Waals surface area contributed by atoms with Crippen LogP contribution in [-0.2, 0) is 6.54 Å². The van der Waals surface area contributed by atoms with Crippen LogP contribution in [0.5, 0.6) is 0 Å². The normalized spacial score (nSPS) is 19.0. The molecule has 29 heavy (non-hydrogen) atoms. The second kappa shape index (κ2) is 8.95. The molecule has 4 nitrogen and oxygen atoms in total. The van der Waals surface area contributed by atoms with Crippen molar-refractivity contribution in [2.24, 2.45) is 0 Å². The van der Waals surface area contributed by atoms with E-state index in [4.69, 9.17) is 0 Å². The minimum Gasteiger partial charge on any atom is -0.335 e. The second-order valence-corrected chi connectivity index (χ2v) is 8.32. The Labute approximate surface area is 172 Å². The highest BCUT2D eigenvalue weighted by Crippen LogP contribution is 2.35. The molecule has 1 saturated carbocycles. The van der Waals surface area contributed by atoms with Gasteiger partial charge in [0.25, 0.3) is 0 Å². The molecule has 1 atom stereocenters. The molecule has 1 saturated heterocycles. The highest BCUT2D eigenvalue weighted by atomic mass is 19.1. The van der Waals surface area contributed by atoms with Gasteiger partial charge in [-0.2, -0.15) is 0 Å². The first-order chi connectivity index (χ1) is 14.1. The van der Waals surface area contributed by atoms with Crippen molar-refractivity contribution in [3.63, 3.8) is 0 Å². The zero-order valence-corrected chi connectivity index (χ0v) is 17.1. The van der Waals surface area contributed by atoms with E-state index < -0.39 is 0 Å². The Morgan fingerprint density at radius 3 is 2.38 bits per heavy atom. The summed E-state index contributed by atoms with van der Waals surface area (Å²) in [5.74, 6) is -0.243. The number of carbonyl (C=O) groups is 1. The van der Waals surface area contributed by atoms with Gasteiger partial charge in [0.2, 0.25) is 0 Å². The van der Waals surface area contributed by atoms with E-state index in [0.717, 1.165) is 45.3 Å². The zero-order valence-electron chi connectivity index (χ0n) is 17.1. The number of rotatable bonds is 6. The fourth-order valence-electron chi connectivity index (χ4n) is 4.30. The van der Waals surface area contributed by atoms with Crippen molar-refractivity contribution in [2.45, 2.75) is 57.3 Å². The van der Waals surface area contributed by atoms with E-state index in [2.05, 4.69) is 34.5 Å². The van der Waals surface area contributed by atoms with Gasteiger partial charge in [-0.15, -0.1) is 0 Å². The van der Waals surface area contributed by atoms with Crippen LogP contribution in [0, 0.1) is 5.82 Å². The molecule has 1 aliphatic carbocycles. The quantitative estimate of drug-likeness (QED) is 0.768. The summed E-state index contributed by atoms with van der Waals surface area (Å²) in [4.78, 5) is 17.4. The summed E-state index contributed by atoms with van der Waals surface area (Å²) in [5, 5.41) is 3.23. The smallest absolute Gasteiger partial charge is 0.318 e. The van der Waals surface area contributed by atoms with Gasteiger partial charge in [-0.25, -0.2) is 9.18 Å². The van der Waals surface area contributed by atoms with Gasteiger partial charge >= 0.3 is 6.03 Å². The standard InChI is InChI=1S/C24H30FN3O/c1-18(22-9-5-6-10-23(22)25)28(21-11-12-21)24(29)26-20-13-15-27(16-14-20)17-19-7-3-2-4-8-19/h2-10,18,20-21H,11-17H2,1H3,(H,26,29)/t18-/m0/s1. The summed E-state index contributed by atoms with van der Waals surface area (Å²) in [7, 11) is 0. The molecule has 2 amide bonds. The SMILES string of the molecule is C[C@@H](c1ccccc1F)N(C(=O)NC1CCN(Cc2ccccc2)CC1)C1CC1. The molecule has 0 spiro atoms. The Kier molecular flexibility index (Phi) is 6.14. The van der Waals surface area contributed by atoms with Gasteiger partial charge < -0.3 is 10.2 Å². The number of urea groups is 1. The van der Waals surface area contributed by atoms with Crippen LogP contribution >= 0.6 is 0 Å². The van der Waals surface area contributed by atoms with Gasteiger partial charge in [0.1, 0.15) is 5.82 Å². The number of likely N-dealkylation sites (tertiary alicyclic amines) is 1. The minimum absolute atomic E-state index is 0.0511. The zero-order chi connectivity index (χ0) is 20.2. The highest BCUT2D eigenvalue weighted by Gasteiger charge is 2.38. The third-order valence-corrected chi connectivity index (χ3v) is 6.11. The molecule has 0 unspecified atom stereocenters. The first kappa shape index (κ1) is 19.9. The van der Waals surface area contributed by atoms with Crippen molar-refractivity contribution in [2.75, 3.05) is 13.1 Å². The van der Waals surface area contributed by atoms with Gasteiger partial charge in [0.05, 0.1) is 6.04 Å². The number of hydrogen-bond donors (Lipinski definition) is 1. The lowest BCUT2D eigenvalue weighted by molar-refractivity contribution is 0.154. The summed E-state index contributed by atoms with van der Waals surface area (Å²) >= 11 is 0. The van der Waals surface area contributed by atoms with Crippen LogP contribution in [0.1, 0.15) is 49.8 Å². The van der Waals surface area contributed by atoms with Crippen LogP contribution in [0.25, 0.3) is 0 Å². The number of piperidine rings is 1. The third-order valence-electron chi connectivity index (χ3n) is 6.11. The van der Waals surface area contributed by atoms with E-state index in [-0.39, 0.29) is 30.0 Å².